The van der Waals surface area contributed by atoms with Gasteiger partial charge >= 0.3 is 0 Å². The monoisotopic (exact) mass is 954 g/mol. The van der Waals surface area contributed by atoms with Gasteiger partial charge in [-0.2, -0.15) is 20.5 Å². The molecule has 0 amide bonds. The summed E-state index contributed by atoms with van der Waals surface area (Å²) in [4.78, 5) is 16.6. The van der Waals surface area contributed by atoms with E-state index in [-0.39, 0.29) is 37.9 Å². The van der Waals surface area contributed by atoms with Gasteiger partial charge in [-0.05, 0) is 48.5 Å². The first-order valence-corrected chi connectivity index (χ1v) is 21.7. The van der Waals surface area contributed by atoms with Crippen LogP contribution < -0.4 is 0 Å². The molecule has 4 bridgehead atoms. The number of hydrogen-bond acceptors (Lipinski definition) is 20. The van der Waals surface area contributed by atoms with Gasteiger partial charge in [-0.25, -0.2) is 0 Å². The maximum atomic E-state index is 11.0. The molecule has 1 aliphatic rings. The van der Waals surface area contributed by atoms with Crippen LogP contribution in [-0.4, -0.2) is 140 Å². The first-order valence-electron chi connectivity index (χ1n) is 21.7. The first kappa shape index (κ1) is 56.4. The lowest BCUT2D eigenvalue weighted by Crippen LogP contribution is -2.13. The molecule has 68 heavy (non-hydrogen) atoms. The van der Waals surface area contributed by atoms with Crippen molar-refractivity contribution >= 4 is 22.7 Å². The molecule has 0 aromatic heterocycles. The van der Waals surface area contributed by atoms with Crippen LogP contribution in [0.4, 0.5) is 22.7 Å². The molecular weight excluding hydrogens is 893 g/mol. The Kier molecular flexibility index (Phi) is 30.0. The van der Waals surface area contributed by atoms with Crippen molar-refractivity contribution in [1.82, 2.24) is 0 Å². The SMILES string of the molecule is C[N+](=O)[O-].C[N+](=O)[O-].Oc1c2cc(N=Nc3ccccc3)cc1COCCOCCOCCOCCOCc1cc(N=Nc3ccccc3)cc(c1O)COCCOCCOCCOCCOC2. The largest absolute Gasteiger partial charge is 0.507 e. The third-order valence-corrected chi connectivity index (χ3v) is 8.59. The van der Waals surface area contributed by atoms with Gasteiger partial charge in [0, 0.05) is 32.1 Å². The number of azo groups is 2. The van der Waals surface area contributed by atoms with Gasteiger partial charge in [0.15, 0.2) is 14.1 Å². The molecule has 0 spiro atoms. The number of fused-ring (bicyclic) bond motifs is 4. The number of nitrogens with zero attached hydrogens (tertiary/aromatic N) is 6. The number of hydrogen-bond donors (Lipinski definition) is 2. The Bertz CT molecular complexity index is 1820. The number of nitro groups is 2. The summed E-state index contributed by atoms with van der Waals surface area (Å²) < 4.78 is 57.1. The van der Waals surface area contributed by atoms with E-state index in [1.165, 1.54) is 0 Å². The zero-order chi connectivity index (χ0) is 48.9. The molecule has 0 saturated heterocycles. The number of rotatable bonds is 4. The summed E-state index contributed by atoms with van der Waals surface area (Å²) >= 11 is 0. The minimum atomic E-state index is -0.500. The Labute approximate surface area is 395 Å². The average molecular weight is 955 g/mol. The summed E-state index contributed by atoms with van der Waals surface area (Å²) in [5.41, 5.74) is 4.78. The second kappa shape index (κ2) is 36.2. The molecular formula is C46H62N6O16. The average Bonchev–Trinajstić information content (AvgIpc) is 3.32. The number of benzene rings is 4. The quantitative estimate of drug-likeness (QED) is 0.113. The highest BCUT2D eigenvalue weighted by Gasteiger charge is 2.13. The van der Waals surface area contributed by atoms with Crippen LogP contribution in [0.1, 0.15) is 22.3 Å². The van der Waals surface area contributed by atoms with Crippen molar-refractivity contribution in [2.24, 2.45) is 20.5 Å². The van der Waals surface area contributed by atoms with Gasteiger partial charge in [0.2, 0.25) is 0 Å². The smallest absolute Gasteiger partial charge is 0.194 e. The van der Waals surface area contributed by atoms with Crippen LogP contribution in [0.5, 0.6) is 11.5 Å². The summed E-state index contributed by atoms with van der Waals surface area (Å²) in [5.74, 6) is 0.155. The number of ether oxygens (including phenoxy) is 10. The third kappa shape index (κ3) is 27.0. The summed E-state index contributed by atoms with van der Waals surface area (Å²) in [5, 5.41) is 57.1. The lowest BCUT2D eigenvalue weighted by molar-refractivity contribution is -0.445. The van der Waals surface area contributed by atoms with E-state index in [4.69, 9.17) is 67.6 Å². The number of phenolic OH excluding ortho intramolecular Hbond substituents is 2. The molecule has 0 unspecified atom stereocenters. The minimum absolute atomic E-state index is 0.0774. The van der Waals surface area contributed by atoms with E-state index in [0.717, 1.165) is 14.1 Å². The molecule has 1 aliphatic heterocycles. The van der Waals surface area contributed by atoms with Gasteiger partial charge in [-0.3, -0.25) is 20.2 Å². The first-order chi connectivity index (χ1) is 33.1. The van der Waals surface area contributed by atoms with E-state index in [9.17, 15) is 10.2 Å². The van der Waals surface area contributed by atoms with Crippen LogP contribution in [0.15, 0.2) is 105 Å². The lowest BCUT2D eigenvalue weighted by Gasteiger charge is -2.13. The van der Waals surface area contributed by atoms with Crippen LogP contribution >= 0.6 is 0 Å². The number of phenols is 2. The Hall–Kier alpha value is -5.92. The molecule has 4 aromatic carbocycles. The van der Waals surface area contributed by atoms with Gasteiger partial charge in [0.25, 0.3) is 0 Å². The third-order valence-electron chi connectivity index (χ3n) is 8.59. The van der Waals surface area contributed by atoms with Crippen LogP contribution in [0, 0.1) is 20.2 Å². The zero-order valence-electron chi connectivity index (χ0n) is 38.5. The van der Waals surface area contributed by atoms with Crippen molar-refractivity contribution in [2.45, 2.75) is 26.4 Å². The fourth-order valence-corrected chi connectivity index (χ4v) is 5.54. The van der Waals surface area contributed by atoms with Crippen LogP contribution in [0.3, 0.4) is 0 Å². The van der Waals surface area contributed by atoms with E-state index in [1.54, 1.807) is 24.3 Å². The van der Waals surface area contributed by atoms with E-state index >= 15 is 0 Å². The van der Waals surface area contributed by atoms with Gasteiger partial charge in [0.1, 0.15) is 11.5 Å². The van der Waals surface area contributed by atoms with Crippen molar-refractivity contribution in [2.75, 3.05) is 120 Å². The maximum Gasteiger partial charge on any atom is 0.194 e. The topological polar surface area (TPSA) is 268 Å². The highest BCUT2D eigenvalue weighted by atomic mass is 16.6. The van der Waals surface area contributed by atoms with Gasteiger partial charge in [-0.15, -0.1) is 0 Å². The fourth-order valence-electron chi connectivity index (χ4n) is 5.54. The van der Waals surface area contributed by atoms with Crippen LogP contribution in [0.2, 0.25) is 0 Å². The summed E-state index contributed by atoms with van der Waals surface area (Å²) in [6.45, 7) is 6.37. The molecule has 372 valence electrons. The highest BCUT2D eigenvalue weighted by Crippen LogP contribution is 2.32. The fraction of sp³-hybridized carbons (Fsp3) is 0.478. The van der Waals surface area contributed by atoms with Gasteiger partial charge in [0.05, 0.1) is 155 Å². The Morgan fingerprint density at radius 1 is 0.368 bits per heavy atom. The van der Waals surface area contributed by atoms with Gasteiger partial charge in [-0.1, -0.05) is 36.4 Å². The van der Waals surface area contributed by atoms with Gasteiger partial charge < -0.3 is 57.6 Å². The normalized spacial score (nSPS) is 16.6. The Morgan fingerprint density at radius 2 is 0.559 bits per heavy atom. The van der Waals surface area contributed by atoms with E-state index < -0.39 is 9.85 Å². The van der Waals surface area contributed by atoms with Crippen molar-refractivity contribution < 1.29 is 67.4 Å². The molecule has 2 N–H and O–H groups in total. The molecule has 1 heterocycles. The van der Waals surface area contributed by atoms with Crippen molar-refractivity contribution in [3.63, 3.8) is 0 Å². The summed E-state index contributed by atoms with van der Waals surface area (Å²) in [7, 11) is 1.78. The zero-order valence-corrected chi connectivity index (χ0v) is 38.5. The second-order valence-electron chi connectivity index (χ2n) is 14.1. The lowest BCUT2D eigenvalue weighted by atomic mass is 10.1. The molecule has 0 aliphatic carbocycles. The van der Waals surface area contributed by atoms with Crippen molar-refractivity contribution in [3.05, 3.63) is 127 Å². The van der Waals surface area contributed by atoms with E-state index in [0.29, 0.717) is 151 Å². The summed E-state index contributed by atoms with van der Waals surface area (Å²) in [6, 6.07) is 25.8. The Balaban J connectivity index is 0.00000142. The maximum absolute atomic E-state index is 11.0. The molecule has 0 fully saturated rings. The predicted octanol–water partition coefficient (Wildman–Crippen LogP) is 7.59. The molecule has 0 radical (unpaired) electrons. The predicted molar refractivity (Wildman–Crippen MR) is 247 cm³/mol. The minimum Gasteiger partial charge on any atom is -0.507 e. The molecule has 22 heteroatoms. The highest BCUT2D eigenvalue weighted by molar-refractivity contribution is 5.53. The molecule has 0 atom stereocenters. The Morgan fingerprint density at radius 3 is 0.779 bits per heavy atom. The van der Waals surface area contributed by atoms with Crippen LogP contribution in [-0.2, 0) is 73.8 Å². The molecule has 5 rings (SSSR count). The number of aromatic hydroxyl groups is 2. The molecule has 22 nitrogen and oxygen atoms in total. The molecule has 4 aromatic rings. The van der Waals surface area contributed by atoms with Crippen LogP contribution in [0.25, 0.3) is 0 Å². The van der Waals surface area contributed by atoms with Crippen molar-refractivity contribution in [3.8, 4) is 11.5 Å². The van der Waals surface area contributed by atoms with Crippen molar-refractivity contribution in [1.29, 1.82) is 0 Å². The van der Waals surface area contributed by atoms with E-state index in [1.807, 2.05) is 60.7 Å². The second-order valence-corrected chi connectivity index (χ2v) is 14.1. The molecule has 0 saturated carbocycles. The standard InChI is InChI=1S/C44H56N4O12.2CH3NO2/c49-43-35-27-41(47-45-39-7-3-1-4-8-39)28-36(43)32-58-24-20-54-16-12-52-14-18-56-22-26-60-34-38-30-42(48-46-40-9-5-2-6-10-40)29-37(44(38)50)33-59-25-21-55-17-13-51-11-15-53-19-23-57-31-35;2*1-2(3)4/h1-10,27-30,49-50H,11-26,31-34H2;2*1H3. The summed E-state index contributed by atoms with van der Waals surface area (Å²) in [6.07, 6.45) is 0. The van der Waals surface area contributed by atoms with E-state index in [2.05, 4.69) is 20.5 Å².